The van der Waals surface area contributed by atoms with Crippen molar-refractivity contribution in [2.24, 2.45) is 5.92 Å². The molecule has 1 aromatic carbocycles. The van der Waals surface area contributed by atoms with Gasteiger partial charge in [-0.1, -0.05) is 19.1 Å². The van der Waals surface area contributed by atoms with Crippen molar-refractivity contribution in [1.29, 1.82) is 0 Å². The molecule has 6 heteroatoms. The molecular weight excluding hydrogens is 348 g/mol. The SMILES string of the molecule is CC(CNS(=O)(=O)C(C)C)c1ccc(OCCCC2CCNCC2)cc1. The normalized spacial score (nSPS) is 17.4. The van der Waals surface area contributed by atoms with Crippen LogP contribution in [0.25, 0.3) is 0 Å². The molecule has 0 amide bonds. The van der Waals surface area contributed by atoms with E-state index in [0.29, 0.717) is 6.54 Å². The van der Waals surface area contributed by atoms with Crippen LogP contribution < -0.4 is 14.8 Å². The predicted molar refractivity (Wildman–Crippen MR) is 107 cm³/mol. The van der Waals surface area contributed by atoms with E-state index >= 15 is 0 Å². The molecule has 1 fully saturated rings. The second kappa shape index (κ2) is 10.3. The molecule has 0 aliphatic carbocycles. The smallest absolute Gasteiger partial charge is 0.213 e. The van der Waals surface area contributed by atoms with E-state index in [2.05, 4.69) is 10.0 Å². The Labute approximate surface area is 159 Å². The Morgan fingerprint density at radius 1 is 1.15 bits per heavy atom. The van der Waals surface area contributed by atoms with E-state index in [0.717, 1.165) is 43.3 Å². The summed E-state index contributed by atoms with van der Waals surface area (Å²) in [4.78, 5) is 0. The zero-order valence-electron chi connectivity index (χ0n) is 16.3. The van der Waals surface area contributed by atoms with Gasteiger partial charge in [-0.05, 0) is 82.2 Å². The zero-order chi connectivity index (χ0) is 19.0. The van der Waals surface area contributed by atoms with Crippen LogP contribution in [0.15, 0.2) is 24.3 Å². The largest absolute Gasteiger partial charge is 0.494 e. The lowest BCUT2D eigenvalue weighted by molar-refractivity contribution is 0.274. The number of hydrogen-bond donors (Lipinski definition) is 2. The maximum Gasteiger partial charge on any atom is 0.213 e. The summed E-state index contributed by atoms with van der Waals surface area (Å²) in [5, 5.41) is 2.99. The van der Waals surface area contributed by atoms with Crippen LogP contribution in [0.5, 0.6) is 5.75 Å². The molecule has 2 N–H and O–H groups in total. The van der Waals surface area contributed by atoms with Gasteiger partial charge in [-0.2, -0.15) is 0 Å². The minimum Gasteiger partial charge on any atom is -0.494 e. The molecule has 2 rings (SSSR count). The minimum absolute atomic E-state index is 0.123. The summed E-state index contributed by atoms with van der Waals surface area (Å²) in [5.74, 6) is 1.85. The highest BCUT2D eigenvalue weighted by Crippen LogP contribution is 2.21. The lowest BCUT2D eigenvalue weighted by atomic mass is 9.93. The lowest BCUT2D eigenvalue weighted by Gasteiger charge is -2.22. The Balaban J connectivity index is 1.71. The molecule has 1 aliphatic heterocycles. The molecule has 1 atom stereocenters. The quantitative estimate of drug-likeness (QED) is 0.610. The van der Waals surface area contributed by atoms with Crippen LogP contribution in [0.4, 0.5) is 0 Å². The van der Waals surface area contributed by atoms with Crippen LogP contribution in [0.3, 0.4) is 0 Å². The molecule has 1 heterocycles. The second-order valence-electron chi connectivity index (χ2n) is 7.60. The molecule has 0 radical (unpaired) electrons. The van der Waals surface area contributed by atoms with E-state index in [9.17, 15) is 8.42 Å². The van der Waals surface area contributed by atoms with E-state index in [4.69, 9.17) is 4.74 Å². The fourth-order valence-electron chi connectivity index (χ4n) is 3.15. The number of benzene rings is 1. The highest BCUT2D eigenvalue weighted by molar-refractivity contribution is 7.90. The number of hydrogen-bond acceptors (Lipinski definition) is 4. The lowest BCUT2D eigenvalue weighted by Crippen LogP contribution is -2.33. The summed E-state index contributed by atoms with van der Waals surface area (Å²) >= 11 is 0. The minimum atomic E-state index is -3.21. The zero-order valence-corrected chi connectivity index (χ0v) is 17.1. The summed E-state index contributed by atoms with van der Waals surface area (Å²) in [7, 11) is -3.21. The maximum atomic E-state index is 11.8. The van der Waals surface area contributed by atoms with Gasteiger partial charge in [0.05, 0.1) is 11.9 Å². The third-order valence-corrected chi connectivity index (χ3v) is 6.95. The molecule has 5 nitrogen and oxygen atoms in total. The van der Waals surface area contributed by atoms with Gasteiger partial charge < -0.3 is 10.1 Å². The van der Waals surface area contributed by atoms with Crippen molar-refractivity contribution in [2.75, 3.05) is 26.2 Å². The van der Waals surface area contributed by atoms with E-state index in [-0.39, 0.29) is 5.92 Å². The second-order valence-corrected chi connectivity index (χ2v) is 9.92. The molecule has 0 saturated carbocycles. The number of sulfonamides is 1. The van der Waals surface area contributed by atoms with E-state index in [1.165, 1.54) is 19.3 Å². The van der Waals surface area contributed by atoms with Gasteiger partial charge in [-0.3, -0.25) is 0 Å². The van der Waals surface area contributed by atoms with Crippen molar-refractivity contribution in [2.45, 2.75) is 57.6 Å². The van der Waals surface area contributed by atoms with E-state index < -0.39 is 15.3 Å². The van der Waals surface area contributed by atoms with Crippen molar-refractivity contribution in [3.63, 3.8) is 0 Å². The molecule has 26 heavy (non-hydrogen) atoms. The van der Waals surface area contributed by atoms with Crippen LogP contribution in [-0.2, 0) is 10.0 Å². The van der Waals surface area contributed by atoms with Gasteiger partial charge in [-0.15, -0.1) is 0 Å². The van der Waals surface area contributed by atoms with Crippen molar-refractivity contribution < 1.29 is 13.2 Å². The third-order valence-electron chi connectivity index (χ3n) is 5.14. The fourth-order valence-corrected chi connectivity index (χ4v) is 3.97. The van der Waals surface area contributed by atoms with Crippen LogP contribution in [0.2, 0.25) is 0 Å². The van der Waals surface area contributed by atoms with Gasteiger partial charge in [0.2, 0.25) is 10.0 Å². The first kappa shape index (κ1) is 21.2. The molecule has 148 valence electrons. The standard InChI is InChI=1S/C20H34N2O3S/c1-16(2)26(23,24)22-15-17(3)19-6-8-20(9-7-19)25-14-4-5-18-10-12-21-13-11-18/h6-9,16-18,21-22H,4-5,10-15H2,1-3H3. The van der Waals surface area contributed by atoms with E-state index in [1.807, 2.05) is 31.2 Å². The highest BCUT2D eigenvalue weighted by Gasteiger charge is 2.17. The summed E-state index contributed by atoms with van der Waals surface area (Å²) in [6.45, 7) is 8.87. The van der Waals surface area contributed by atoms with E-state index in [1.54, 1.807) is 13.8 Å². The van der Waals surface area contributed by atoms with Crippen molar-refractivity contribution in [3.05, 3.63) is 29.8 Å². The van der Waals surface area contributed by atoms with Gasteiger partial charge in [-0.25, -0.2) is 13.1 Å². The monoisotopic (exact) mass is 382 g/mol. The molecule has 1 aliphatic rings. The molecular formula is C20H34N2O3S. The molecule has 0 spiro atoms. The predicted octanol–water partition coefficient (Wildman–Crippen LogP) is 3.28. The Morgan fingerprint density at radius 3 is 2.42 bits per heavy atom. The Hall–Kier alpha value is -1.11. The fraction of sp³-hybridized carbons (Fsp3) is 0.700. The summed E-state index contributed by atoms with van der Waals surface area (Å²) in [6.07, 6.45) is 4.91. The molecule has 1 aromatic rings. The molecule has 0 aromatic heterocycles. The van der Waals surface area contributed by atoms with Gasteiger partial charge in [0.25, 0.3) is 0 Å². The summed E-state index contributed by atoms with van der Waals surface area (Å²) < 4.78 is 32.2. The summed E-state index contributed by atoms with van der Waals surface area (Å²) in [5.41, 5.74) is 1.11. The number of piperidine rings is 1. The Bertz CT molecular complexity index is 623. The van der Waals surface area contributed by atoms with Crippen molar-refractivity contribution >= 4 is 10.0 Å². The first-order chi connectivity index (χ1) is 12.4. The number of rotatable bonds is 10. The molecule has 1 saturated heterocycles. The van der Waals surface area contributed by atoms with Gasteiger partial charge >= 0.3 is 0 Å². The first-order valence-corrected chi connectivity index (χ1v) is 11.3. The highest BCUT2D eigenvalue weighted by atomic mass is 32.2. The Kier molecular flexibility index (Phi) is 8.38. The topological polar surface area (TPSA) is 67.4 Å². The number of nitrogens with one attached hydrogen (secondary N) is 2. The number of ether oxygens (including phenoxy) is 1. The van der Waals surface area contributed by atoms with Gasteiger partial charge in [0, 0.05) is 6.54 Å². The average Bonchev–Trinajstić information content (AvgIpc) is 2.64. The molecule has 1 unspecified atom stereocenters. The van der Waals surface area contributed by atoms with Crippen LogP contribution >= 0.6 is 0 Å². The van der Waals surface area contributed by atoms with Crippen molar-refractivity contribution in [3.8, 4) is 5.75 Å². The maximum absolute atomic E-state index is 11.8. The van der Waals surface area contributed by atoms with Gasteiger partial charge in [0.15, 0.2) is 0 Å². The van der Waals surface area contributed by atoms with Crippen LogP contribution in [0.1, 0.15) is 57.9 Å². The third kappa shape index (κ3) is 6.89. The van der Waals surface area contributed by atoms with Crippen molar-refractivity contribution in [1.82, 2.24) is 10.0 Å². The first-order valence-electron chi connectivity index (χ1n) is 9.80. The van der Waals surface area contributed by atoms with Crippen LogP contribution in [0, 0.1) is 5.92 Å². The Morgan fingerprint density at radius 2 is 1.81 bits per heavy atom. The van der Waals surface area contributed by atoms with Crippen LogP contribution in [-0.4, -0.2) is 39.9 Å². The summed E-state index contributed by atoms with van der Waals surface area (Å²) in [6, 6.07) is 8.01. The average molecular weight is 383 g/mol. The molecule has 0 bridgehead atoms. The van der Waals surface area contributed by atoms with Gasteiger partial charge in [0.1, 0.15) is 5.75 Å².